The van der Waals surface area contributed by atoms with Gasteiger partial charge in [-0.05, 0) is 18.2 Å². The van der Waals surface area contributed by atoms with Crippen LogP contribution in [0.3, 0.4) is 0 Å². The van der Waals surface area contributed by atoms with Gasteiger partial charge in [0, 0.05) is 0 Å². The van der Waals surface area contributed by atoms with Crippen LogP contribution in [-0.2, 0) is 0 Å². The van der Waals surface area contributed by atoms with E-state index in [9.17, 15) is 4.39 Å². The van der Waals surface area contributed by atoms with Gasteiger partial charge in [-0.15, -0.1) is 0 Å². The molecule has 0 saturated carbocycles. The number of halogens is 2. The number of hydrogen-bond donors (Lipinski definition) is 0. The van der Waals surface area contributed by atoms with E-state index in [-0.39, 0.29) is 10.8 Å². The van der Waals surface area contributed by atoms with Gasteiger partial charge >= 0.3 is 0 Å². The number of rotatable bonds is 1. The van der Waals surface area contributed by atoms with Crippen molar-refractivity contribution in [1.82, 2.24) is 4.98 Å². The molecule has 0 aliphatic rings. The van der Waals surface area contributed by atoms with Gasteiger partial charge in [-0.1, -0.05) is 18.2 Å². The summed E-state index contributed by atoms with van der Waals surface area (Å²) in [5, 5.41) is 0.274. The first-order chi connectivity index (χ1) is 4.74. The fourth-order valence-electron chi connectivity index (χ4n) is 0.576. The quantitative estimate of drug-likeness (QED) is 0.571. The van der Waals surface area contributed by atoms with Gasteiger partial charge in [0.25, 0.3) is 0 Å². The van der Waals surface area contributed by atoms with Gasteiger partial charge < -0.3 is 0 Å². The predicted octanol–water partition coefficient (Wildman–Crippen LogP) is 2.52. The molecule has 0 saturated heterocycles. The molecule has 1 heterocycles. The molecule has 0 spiro atoms. The zero-order valence-electron chi connectivity index (χ0n) is 5.14. The smallest absolute Gasteiger partial charge is 0.148 e. The van der Waals surface area contributed by atoms with Crippen molar-refractivity contribution in [2.45, 2.75) is 0 Å². The Kier molecular flexibility index (Phi) is 2.02. The van der Waals surface area contributed by atoms with E-state index in [4.69, 9.17) is 11.6 Å². The van der Waals surface area contributed by atoms with Gasteiger partial charge in [0.05, 0.1) is 5.69 Å². The van der Waals surface area contributed by atoms with E-state index in [2.05, 4.69) is 11.6 Å². The summed E-state index contributed by atoms with van der Waals surface area (Å²) in [6.07, 6.45) is 1.32. The van der Waals surface area contributed by atoms with Gasteiger partial charge in [0.15, 0.2) is 0 Å². The Labute approximate surface area is 63.2 Å². The molecule has 0 aliphatic carbocycles. The highest BCUT2D eigenvalue weighted by Gasteiger charge is 1.98. The van der Waals surface area contributed by atoms with Gasteiger partial charge in [-0.2, -0.15) is 0 Å². The molecule has 1 aromatic rings. The lowest BCUT2D eigenvalue weighted by molar-refractivity contribution is 0.618. The van der Waals surface area contributed by atoms with E-state index < -0.39 is 5.82 Å². The summed E-state index contributed by atoms with van der Waals surface area (Å²) in [6.45, 7) is 3.37. The van der Waals surface area contributed by atoms with Crippen LogP contribution in [0, 0.1) is 5.82 Å². The predicted molar refractivity (Wildman–Crippen MR) is 39.3 cm³/mol. The second-order valence-electron chi connectivity index (χ2n) is 1.71. The summed E-state index contributed by atoms with van der Waals surface area (Å²) in [7, 11) is 0. The molecule has 10 heavy (non-hydrogen) atoms. The summed E-state index contributed by atoms with van der Waals surface area (Å²) < 4.78 is 12.6. The monoisotopic (exact) mass is 157 g/mol. The van der Waals surface area contributed by atoms with Crippen molar-refractivity contribution >= 4 is 17.7 Å². The summed E-state index contributed by atoms with van der Waals surface area (Å²) in [5.74, 6) is -0.403. The Bertz CT molecular complexity index is 260. The highest BCUT2D eigenvalue weighted by molar-refractivity contribution is 6.29. The lowest BCUT2D eigenvalue weighted by Crippen LogP contribution is -1.86. The van der Waals surface area contributed by atoms with Crippen molar-refractivity contribution in [3.05, 3.63) is 35.4 Å². The highest BCUT2D eigenvalue weighted by Crippen LogP contribution is 2.10. The molecule has 0 aliphatic heterocycles. The molecule has 52 valence electrons. The first-order valence-electron chi connectivity index (χ1n) is 2.68. The van der Waals surface area contributed by atoms with Gasteiger partial charge in [0.2, 0.25) is 0 Å². The number of hydrogen-bond acceptors (Lipinski definition) is 1. The maximum Gasteiger partial charge on any atom is 0.148 e. The van der Waals surface area contributed by atoms with Crippen LogP contribution < -0.4 is 0 Å². The molecule has 3 heteroatoms. The molecular formula is C7H5ClFN. The summed E-state index contributed by atoms with van der Waals surface area (Å²) >= 11 is 5.47. The molecular weight excluding hydrogens is 153 g/mol. The third kappa shape index (κ3) is 1.33. The van der Waals surface area contributed by atoms with E-state index in [1.807, 2.05) is 0 Å². The molecule has 1 aromatic heterocycles. The Morgan fingerprint density at radius 3 is 2.80 bits per heavy atom. The number of nitrogens with zero attached hydrogens (tertiary/aromatic N) is 1. The van der Waals surface area contributed by atoms with Crippen molar-refractivity contribution in [1.29, 1.82) is 0 Å². The number of pyridine rings is 1. The fraction of sp³-hybridized carbons (Fsp3) is 0. The van der Waals surface area contributed by atoms with Crippen LogP contribution in [0.5, 0.6) is 0 Å². The highest BCUT2D eigenvalue weighted by atomic mass is 35.5. The topological polar surface area (TPSA) is 12.9 Å². The summed E-state index contributed by atoms with van der Waals surface area (Å²) in [5.41, 5.74) is 0.188. The lowest BCUT2D eigenvalue weighted by atomic mass is 10.3. The van der Waals surface area contributed by atoms with E-state index in [1.165, 1.54) is 18.2 Å². The SMILES string of the molecule is C=Cc1nc(Cl)ccc1F. The maximum absolute atomic E-state index is 12.6. The second kappa shape index (κ2) is 2.80. The van der Waals surface area contributed by atoms with E-state index in [1.54, 1.807) is 0 Å². The minimum absolute atomic E-state index is 0.188. The second-order valence-corrected chi connectivity index (χ2v) is 2.09. The third-order valence-corrected chi connectivity index (χ3v) is 1.24. The molecule has 0 fully saturated rings. The normalized spacial score (nSPS) is 9.40. The zero-order chi connectivity index (χ0) is 7.56. The Morgan fingerprint density at radius 1 is 1.60 bits per heavy atom. The molecule has 0 bridgehead atoms. The van der Waals surface area contributed by atoms with Crippen molar-refractivity contribution in [3.8, 4) is 0 Å². The van der Waals surface area contributed by atoms with Crippen molar-refractivity contribution < 1.29 is 4.39 Å². The van der Waals surface area contributed by atoms with Crippen LogP contribution in [0.4, 0.5) is 4.39 Å². The molecule has 1 rings (SSSR count). The standard InChI is InChI=1S/C7H5ClFN/c1-2-6-5(9)3-4-7(8)10-6/h2-4H,1H2. The van der Waals surface area contributed by atoms with Crippen molar-refractivity contribution in [2.75, 3.05) is 0 Å². The van der Waals surface area contributed by atoms with E-state index in [0.29, 0.717) is 0 Å². The Balaban J connectivity index is 3.21. The van der Waals surface area contributed by atoms with Crippen LogP contribution in [0.25, 0.3) is 6.08 Å². The fourth-order valence-corrected chi connectivity index (χ4v) is 0.730. The molecule has 0 radical (unpaired) electrons. The molecule has 1 nitrogen and oxygen atoms in total. The summed E-state index contributed by atoms with van der Waals surface area (Å²) in [6, 6.07) is 2.65. The van der Waals surface area contributed by atoms with Crippen molar-refractivity contribution in [3.63, 3.8) is 0 Å². The van der Waals surface area contributed by atoms with Crippen LogP contribution in [-0.4, -0.2) is 4.98 Å². The first kappa shape index (κ1) is 7.22. The average molecular weight is 158 g/mol. The van der Waals surface area contributed by atoms with Crippen LogP contribution >= 0.6 is 11.6 Å². The largest absolute Gasteiger partial charge is 0.234 e. The lowest BCUT2D eigenvalue weighted by Gasteiger charge is -1.93. The molecule has 0 aromatic carbocycles. The van der Waals surface area contributed by atoms with E-state index in [0.717, 1.165) is 0 Å². The van der Waals surface area contributed by atoms with Gasteiger partial charge in [0.1, 0.15) is 11.0 Å². The average Bonchev–Trinajstić information content (AvgIpc) is 1.94. The maximum atomic E-state index is 12.6. The first-order valence-corrected chi connectivity index (χ1v) is 3.06. The summed E-state index contributed by atoms with van der Waals surface area (Å²) in [4.78, 5) is 3.66. The molecule has 0 unspecified atom stereocenters. The van der Waals surface area contributed by atoms with Crippen LogP contribution in [0.2, 0.25) is 5.15 Å². The Morgan fingerprint density at radius 2 is 2.30 bits per heavy atom. The molecule has 0 atom stereocenters. The van der Waals surface area contributed by atoms with Gasteiger partial charge in [-0.3, -0.25) is 0 Å². The third-order valence-electron chi connectivity index (χ3n) is 1.03. The minimum atomic E-state index is -0.403. The zero-order valence-corrected chi connectivity index (χ0v) is 5.90. The minimum Gasteiger partial charge on any atom is -0.234 e. The van der Waals surface area contributed by atoms with Gasteiger partial charge in [-0.25, -0.2) is 9.37 Å². The van der Waals surface area contributed by atoms with Crippen LogP contribution in [0.15, 0.2) is 18.7 Å². The van der Waals surface area contributed by atoms with Crippen LogP contribution in [0.1, 0.15) is 5.69 Å². The van der Waals surface area contributed by atoms with Crippen molar-refractivity contribution in [2.24, 2.45) is 0 Å². The molecule has 0 amide bonds. The van der Waals surface area contributed by atoms with E-state index >= 15 is 0 Å². The Hall–Kier alpha value is -0.890. The number of aromatic nitrogens is 1. The molecule has 0 N–H and O–H groups in total.